The molecule has 24 heavy (non-hydrogen) atoms. The fraction of sp³-hybridized carbons (Fsp3) is 0.739. The Bertz CT molecular complexity index is 420. The van der Waals surface area contributed by atoms with Crippen LogP contribution in [0.25, 0.3) is 0 Å². The summed E-state index contributed by atoms with van der Waals surface area (Å²) in [6, 6.07) is 8.85. The van der Waals surface area contributed by atoms with Crippen LogP contribution in [0, 0.1) is 0 Å². The minimum Gasteiger partial charge on any atom is -0.321 e. The Morgan fingerprint density at radius 3 is 1.75 bits per heavy atom. The van der Waals surface area contributed by atoms with Crippen LogP contribution in [0.1, 0.15) is 109 Å². The number of aryl methyl sites for hydroxylation is 1. The molecule has 0 radical (unpaired) electrons. The van der Waals surface area contributed by atoms with Crippen molar-refractivity contribution >= 4 is 0 Å². The Labute approximate surface area is 151 Å². The van der Waals surface area contributed by atoms with Crippen molar-refractivity contribution in [2.75, 3.05) is 0 Å². The molecular formula is C23H41N. The van der Waals surface area contributed by atoms with Gasteiger partial charge in [0.25, 0.3) is 0 Å². The number of nitrogens with two attached hydrogens (primary N) is 1. The first-order valence-corrected chi connectivity index (χ1v) is 10.5. The Balaban J connectivity index is 2.26. The fourth-order valence-electron chi connectivity index (χ4n) is 3.66. The summed E-state index contributed by atoms with van der Waals surface area (Å²) < 4.78 is 0. The minimum atomic E-state index is -0.144. The predicted octanol–water partition coefficient (Wildman–Crippen LogP) is 7.12. The Morgan fingerprint density at radius 1 is 0.708 bits per heavy atom. The minimum absolute atomic E-state index is 0.144. The summed E-state index contributed by atoms with van der Waals surface area (Å²) in [4.78, 5) is 0. The molecule has 0 aromatic heterocycles. The average molecular weight is 332 g/mol. The van der Waals surface area contributed by atoms with E-state index in [9.17, 15) is 0 Å². The summed E-state index contributed by atoms with van der Waals surface area (Å²) in [5.74, 6) is 0. The molecule has 0 aliphatic heterocycles. The Morgan fingerprint density at radius 2 is 1.21 bits per heavy atom. The van der Waals surface area contributed by atoms with Gasteiger partial charge in [-0.15, -0.1) is 0 Å². The van der Waals surface area contributed by atoms with Crippen molar-refractivity contribution in [1.82, 2.24) is 0 Å². The lowest BCUT2D eigenvalue weighted by atomic mass is 9.82. The van der Waals surface area contributed by atoms with Crippen molar-refractivity contribution in [1.29, 1.82) is 0 Å². The molecule has 0 fully saturated rings. The summed E-state index contributed by atoms with van der Waals surface area (Å²) in [5, 5.41) is 0. The highest BCUT2D eigenvalue weighted by molar-refractivity contribution is 5.33. The van der Waals surface area contributed by atoms with Crippen LogP contribution >= 0.6 is 0 Å². The van der Waals surface area contributed by atoms with E-state index in [1.165, 1.54) is 81.8 Å². The highest BCUT2D eigenvalue weighted by atomic mass is 14.7. The van der Waals surface area contributed by atoms with Crippen molar-refractivity contribution in [2.45, 2.75) is 110 Å². The van der Waals surface area contributed by atoms with Crippen LogP contribution in [0.5, 0.6) is 0 Å². The van der Waals surface area contributed by atoms with Crippen LogP contribution in [-0.4, -0.2) is 0 Å². The largest absolute Gasteiger partial charge is 0.321 e. The number of hydrogen-bond acceptors (Lipinski definition) is 1. The maximum atomic E-state index is 6.64. The molecule has 0 aliphatic carbocycles. The summed E-state index contributed by atoms with van der Waals surface area (Å²) >= 11 is 0. The molecule has 0 aliphatic rings. The van der Waals surface area contributed by atoms with E-state index in [-0.39, 0.29) is 5.54 Å². The molecule has 0 amide bonds. The lowest BCUT2D eigenvalue weighted by molar-refractivity contribution is 0.408. The third-order valence-electron chi connectivity index (χ3n) is 5.62. The monoisotopic (exact) mass is 331 g/mol. The molecule has 1 aromatic rings. The molecule has 0 bridgehead atoms. The molecule has 0 unspecified atom stereocenters. The van der Waals surface area contributed by atoms with Gasteiger partial charge >= 0.3 is 0 Å². The quantitative estimate of drug-likeness (QED) is 0.361. The molecular weight excluding hydrogens is 290 g/mol. The van der Waals surface area contributed by atoms with Gasteiger partial charge in [-0.1, -0.05) is 103 Å². The van der Waals surface area contributed by atoms with E-state index >= 15 is 0 Å². The van der Waals surface area contributed by atoms with E-state index in [2.05, 4.69) is 45.0 Å². The van der Waals surface area contributed by atoms with Gasteiger partial charge in [-0.05, 0) is 36.8 Å². The van der Waals surface area contributed by atoms with E-state index < -0.39 is 0 Å². The molecule has 1 heteroatoms. The van der Waals surface area contributed by atoms with Gasteiger partial charge in [-0.25, -0.2) is 0 Å². The zero-order valence-electron chi connectivity index (χ0n) is 16.6. The topological polar surface area (TPSA) is 26.0 Å². The lowest BCUT2D eigenvalue weighted by Crippen LogP contribution is -2.36. The fourth-order valence-corrected chi connectivity index (χ4v) is 3.66. The third-order valence-corrected chi connectivity index (χ3v) is 5.62. The van der Waals surface area contributed by atoms with Gasteiger partial charge in [0.05, 0.1) is 0 Å². The zero-order valence-corrected chi connectivity index (χ0v) is 16.6. The lowest BCUT2D eigenvalue weighted by Gasteiger charge is -2.29. The molecule has 0 atom stereocenters. The van der Waals surface area contributed by atoms with Crippen LogP contribution in [0.3, 0.4) is 0 Å². The van der Waals surface area contributed by atoms with Crippen molar-refractivity contribution in [3.63, 3.8) is 0 Å². The zero-order chi connectivity index (χ0) is 17.7. The molecule has 0 heterocycles. The first-order chi connectivity index (χ1) is 11.7. The van der Waals surface area contributed by atoms with Crippen LogP contribution in [0.15, 0.2) is 24.3 Å². The standard InChI is InChI=1S/C23H41N/c1-4-7-8-9-10-11-12-13-14-15-18-21-19-16-17-20-22(21)23(24,5-2)6-3/h16-17,19-20H,4-15,18,24H2,1-3H3. The van der Waals surface area contributed by atoms with Crippen molar-refractivity contribution in [3.8, 4) is 0 Å². The summed E-state index contributed by atoms with van der Waals surface area (Å²) in [5.41, 5.74) is 9.35. The molecule has 138 valence electrons. The number of unbranched alkanes of at least 4 members (excludes halogenated alkanes) is 9. The van der Waals surface area contributed by atoms with Crippen LogP contribution in [0.2, 0.25) is 0 Å². The number of benzene rings is 1. The van der Waals surface area contributed by atoms with Crippen molar-refractivity contribution in [3.05, 3.63) is 35.4 Å². The molecule has 0 saturated heterocycles. The van der Waals surface area contributed by atoms with Crippen LogP contribution < -0.4 is 5.73 Å². The SMILES string of the molecule is CCCCCCCCCCCCc1ccccc1C(N)(CC)CC. The Kier molecular flexibility index (Phi) is 11.1. The smallest absolute Gasteiger partial charge is 0.0407 e. The second-order valence-electron chi connectivity index (χ2n) is 7.45. The summed E-state index contributed by atoms with van der Waals surface area (Å²) in [7, 11) is 0. The first-order valence-electron chi connectivity index (χ1n) is 10.5. The molecule has 1 rings (SSSR count). The first kappa shape index (κ1) is 21.2. The molecule has 0 spiro atoms. The third kappa shape index (κ3) is 7.38. The second-order valence-corrected chi connectivity index (χ2v) is 7.45. The maximum Gasteiger partial charge on any atom is 0.0407 e. The van der Waals surface area contributed by atoms with Gasteiger partial charge in [0, 0.05) is 5.54 Å². The van der Waals surface area contributed by atoms with Gasteiger partial charge in [0.1, 0.15) is 0 Å². The summed E-state index contributed by atoms with van der Waals surface area (Å²) in [6.45, 7) is 6.70. The van der Waals surface area contributed by atoms with Crippen LogP contribution in [-0.2, 0) is 12.0 Å². The number of rotatable bonds is 14. The molecule has 2 N–H and O–H groups in total. The predicted molar refractivity (Wildman–Crippen MR) is 108 cm³/mol. The van der Waals surface area contributed by atoms with E-state index in [0.717, 1.165) is 12.8 Å². The molecule has 1 aromatic carbocycles. The Hall–Kier alpha value is -0.820. The van der Waals surface area contributed by atoms with Gasteiger partial charge in [0.2, 0.25) is 0 Å². The van der Waals surface area contributed by atoms with E-state index in [1.807, 2.05) is 0 Å². The van der Waals surface area contributed by atoms with Gasteiger partial charge in [-0.3, -0.25) is 0 Å². The van der Waals surface area contributed by atoms with Crippen molar-refractivity contribution < 1.29 is 0 Å². The molecule has 0 saturated carbocycles. The van der Waals surface area contributed by atoms with Gasteiger partial charge < -0.3 is 5.73 Å². The van der Waals surface area contributed by atoms with Gasteiger partial charge in [0.15, 0.2) is 0 Å². The molecule has 1 nitrogen and oxygen atoms in total. The number of hydrogen-bond donors (Lipinski definition) is 1. The summed E-state index contributed by atoms with van der Waals surface area (Å²) in [6.07, 6.45) is 17.2. The van der Waals surface area contributed by atoms with Gasteiger partial charge in [-0.2, -0.15) is 0 Å². The van der Waals surface area contributed by atoms with Crippen LogP contribution in [0.4, 0.5) is 0 Å². The second kappa shape index (κ2) is 12.5. The highest BCUT2D eigenvalue weighted by Crippen LogP contribution is 2.29. The van der Waals surface area contributed by atoms with Crippen molar-refractivity contribution in [2.24, 2.45) is 5.73 Å². The average Bonchev–Trinajstić information content (AvgIpc) is 2.63. The van der Waals surface area contributed by atoms with E-state index in [0.29, 0.717) is 0 Å². The highest BCUT2D eigenvalue weighted by Gasteiger charge is 2.24. The van der Waals surface area contributed by atoms with E-state index in [1.54, 1.807) is 0 Å². The van der Waals surface area contributed by atoms with E-state index in [4.69, 9.17) is 5.73 Å². The maximum absolute atomic E-state index is 6.64. The normalized spacial score (nSPS) is 11.8.